The first-order chi connectivity index (χ1) is 18.1. The number of nitrogens with one attached hydrogen (secondary N) is 1. The molecule has 0 aromatic heterocycles. The van der Waals surface area contributed by atoms with Crippen molar-refractivity contribution >= 4 is 40.4 Å². The van der Waals surface area contributed by atoms with E-state index >= 15 is 0 Å². The van der Waals surface area contributed by atoms with E-state index in [1.807, 2.05) is 84.3 Å². The summed E-state index contributed by atoms with van der Waals surface area (Å²) in [5.41, 5.74) is 2.84. The molecule has 0 aliphatic carbocycles. The third kappa shape index (κ3) is 5.44. The molecular formula is C29H25N3O4S. The predicted molar refractivity (Wildman–Crippen MR) is 147 cm³/mol. The van der Waals surface area contributed by atoms with Crippen LogP contribution in [-0.4, -0.2) is 42.1 Å². The van der Waals surface area contributed by atoms with Gasteiger partial charge in [-0.2, -0.15) is 4.99 Å². The van der Waals surface area contributed by atoms with Crippen molar-refractivity contribution < 1.29 is 19.0 Å². The number of ether oxygens (including phenoxy) is 3. The highest BCUT2D eigenvalue weighted by molar-refractivity contribution is 8.17. The number of amidine groups is 2. The summed E-state index contributed by atoms with van der Waals surface area (Å²) in [5.74, 6) is 1.83. The van der Waals surface area contributed by atoms with Crippen molar-refractivity contribution in [2.75, 3.05) is 20.3 Å². The molecule has 7 nitrogen and oxygen atoms in total. The fourth-order valence-corrected chi connectivity index (χ4v) is 4.80. The highest BCUT2D eigenvalue weighted by Gasteiger charge is 2.36. The van der Waals surface area contributed by atoms with Gasteiger partial charge in [0.25, 0.3) is 5.91 Å². The van der Waals surface area contributed by atoms with E-state index in [0.29, 0.717) is 36.3 Å². The van der Waals surface area contributed by atoms with E-state index in [2.05, 4.69) is 4.99 Å². The van der Waals surface area contributed by atoms with Gasteiger partial charge in [-0.25, -0.2) is 0 Å². The molecule has 2 heterocycles. The number of hydrogen-bond acceptors (Lipinski definition) is 6. The summed E-state index contributed by atoms with van der Waals surface area (Å²) in [6.45, 7) is 1.00. The zero-order chi connectivity index (χ0) is 25.6. The van der Waals surface area contributed by atoms with Crippen molar-refractivity contribution in [2.24, 2.45) is 4.99 Å². The molecule has 3 aromatic rings. The number of hydrogen-bond donors (Lipinski definition) is 1. The number of aliphatic imine (C=N–C) groups is 1. The number of rotatable bonds is 9. The zero-order valence-electron chi connectivity index (χ0n) is 20.2. The van der Waals surface area contributed by atoms with Gasteiger partial charge < -0.3 is 14.2 Å². The lowest BCUT2D eigenvalue weighted by atomic mass is 10.1. The third-order valence-corrected chi connectivity index (χ3v) is 6.58. The van der Waals surface area contributed by atoms with Gasteiger partial charge in [0.15, 0.2) is 16.7 Å². The minimum absolute atomic E-state index is 0.116. The summed E-state index contributed by atoms with van der Waals surface area (Å²) in [7, 11) is 1.62. The number of carbonyl (C=O) groups excluding carboxylic acids is 1. The van der Waals surface area contributed by atoms with Gasteiger partial charge >= 0.3 is 0 Å². The molecule has 5 rings (SSSR count). The summed E-state index contributed by atoms with van der Waals surface area (Å²) in [4.78, 5) is 18.6. The van der Waals surface area contributed by atoms with Crippen LogP contribution < -0.4 is 14.2 Å². The Labute approximate surface area is 219 Å². The fourth-order valence-electron chi connectivity index (χ4n) is 3.91. The Morgan fingerprint density at radius 1 is 0.919 bits per heavy atom. The Kier molecular flexibility index (Phi) is 7.37. The maximum atomic E-state index is 12.7. The Hall–Kier alpha value is -4.30. The average Bonchev–Trinajstić information content (AvgIpc) is 3.36. The number of amides is 1. The van der Waals surface area contributed by atoms with Crippen molar-refractivity contribution in [1.29, 1.82) is 5.41 Å². The molecule has 37 heavy (non-hydrogen) atoms. The van der Waals surface area contributed by atoms with Crippen molar-refractivity contribution in [1.82, 2.24) is 4.90 Å². The van der Waals surface area contributed by atoms with Crippen LogP contribution in [0.1, 0.15) is 17.5 Å². The molecule has 0 spiro atoms. The second-order valence-corrected chi connectivity index (χ2v) is 9.04. The lowest BCUT2D eigenvalue weighted by molar-refractivity contribution is -0.114. The molecule has 0 fully saturated rings. The van der Waals surface area contributed by atoms with Crippen LogP contribution in [0.15, 0.2) is 94.8 Å². The van der Waals surface area contributed by atoms with Crippen LogP contribution in [-0.2, 0) is 4.79 Å². The van der Waals surface area contributed by atoms with Crippen molar-refractivity contribution in [3.05, 3.63) is 101 Å². The number of fused-ring (bicyclic) bond motifs is 1. The van der Waals surface area contributed by atoms with Crippen LogP contribution in [0.2, 0.25) is 0 Å². The van der Waals surface area contributed by atoms with Crippen LogP contribution in [0.25, 0.3) is 11.8 Å². The number of thioether (sulfide) groups is 1. The molecular weight excluding hydrogens is 486 g/mol. The van der Waals surface area contributed by atoms with Crippen LogP contribution in [0.5, 0.6) is 17.2 Å². The first-order valence-corrected chi connectivity index (χ1v) is 12.7. The number of benzene rings is 3. The molecule has 186 valence electrons. The second kappa shape index (κ2) is 11.2. The normalized spacial score (nSPS) is 15.8. The summed E-state index contributed by atoms with van der Waals surface area (Å²) in [6, 6.07) is 24.7. The standard InChI is InChI=1S/C29H25N3O4S/c1-34-25-10-5-6-11-26(25)36-17-7-16-35-22-14-12-20(13-15-22)18-23-27(30)32-24(21-8-3-2-4-9-21)19-37-29(32)31-28(23)33/h2-6,8-15,18-19,30H,7,16-17H2,1H3/b23-18-,30-27?. The molecule has 1 amide bonds. The molecule has 0 saturated heterocycles. The highest BCUT2D eigenvalue weighted by atomic mass is 32.2. The zero-order valence-corrected chi connectivity index (χ0v) is 21.0. The highest BCUT2D eigenvalue weighted by Crippen LogP contribution is 2.37. The molecule has 3 aromatic carbocycles. The molecule has 0 radical (unpaired) electrons. The lowest BCUT2D eigenvalue weighted by Crippen LogP contribution is -2.38. The monoisotopic (exact) mass is 511 g/mol. The topological polar surface area (TPSA) is 84.2 Å². The minimum atomic E-state index is -0.415. The quantitative estimate of drug-likeness (QED) is 0.287. The lowest BCUT2D eigenvalue weighted by Gasteiger charge is -2.26. The maximum Gasteiger partial charge on any atom is 0.283 e. The van der Waals surface area contributed by atoms with Crippen LogP contribution in [0, 0.1) is 5.41 Å². The van der Waals surface area contributed by atoms with Gasteiger partial charge in [0, 0.05) is 11.8 Å². The minimum Gasteiger partial charge on any atom is -0.493 e. The van der Waals surface area contributed by atoms with Gasteiger partial charge in [-0.05, 0) is 41.5 Å². The van der Waals surface area contributed by atoms with Gasteiger partial charge in [0.2, 0.25) is 0 Å². The van der Waals surface area contributed by atoms with E-state index in [9.17, 15) is 4.79 Å². The molecule has 1 N–H and O–H groups in total. The number of para-hydroxylation sites is 2. The smallest absolute Gasteiger partial charge is 0.283 e. The van der Waals surface area contributed by atoms with E-state index in [-0.39, 0.29) is 11.4 Å². The fraction of sp³-hybridized carbons (Fsp3) is 0.138. The Morgan fingerprint density at radius 3 is 2.38 bits per heavy atom. The molecule has 0 bridgehead atoms. The molecule has 2 aliphatic rings. The Morgan fingerprint density at radius 2 is 1.62 bits per heavy atom. The first-order valence-electron chi connectivity index (χ1n) is 11.8. The van der Waals surface area contributed by atoms with Crippen LogP contribution in [0.4, 0.5) is 0 Å². The van der Waals surface area contributed by atoms with Gasteiger partial charge in [-0.3, -0.25) is 15.1 Å². The number of carbonyl (C=O) groups is 1. The SMILES string of the molecule is COc1ccccc1OCCCOc1ccc(/C=C2/C(=N)N3C(c4ccccc4)=CSC3=NC2=O)cc1. The maximum absolute atomic E-state index is 12.7. The van der Waals surface area contributed by atoms with Gasteiger partial charge in [-0.1, -0.05) is 66.4 Å². The van der Waals surface area contributed by atoms with Crippen LogP contribution >= 0.6 is 11.8 Å². The number of methoxy groups -OCH3 is 1. The molecule has 0 saturated carbocycles. The molecule has 8 heteroatoms. The average molecular weight is 512 g/mol. The summed E-state index contributed by atoms with van der Waals surface area (Å²) in [6.07, 6.45) is 2.41. The van der Waals surface area contributed by atoms with Crippen molar-refractivity contribution in [3.63, 3.8) is 0 Å². The van der Waals surface area contributed by atoms with Crippen molar-refractivity contribution in [2.45, 2.75) is 6.42 Å². The Bertz CT molecular complexity index is 1400. The number of nitrogens with zero attached hydrogens (tertiary/aromatic N) is 2. The second-order valence-electron chi connectivity index (χ2n) is 8.20. The molecule has 0 unspecified atom stereocenters. The Balaban J connectivity index is 1.19. The summed E-state index contributed by atoms with van der Waals surface area (Å²) >= 11 is 1.35. The van der Waals surface area contributed by atoms with E-state index in [1.54, 1.807) is 18.1 Å². The predicted octanol–water partition coefficient (Wildman–Crippen LogP) is 5.85. The van der Waals surface area contributed by atoms with E-state index in [1.165, 1.54) is 11.8 Å². The summed E-state index contributed by atoms with van der Waals surface area (Å²) in [5, 5.41) is 11.2. The van der Waals surface area contributed by atoms with Gasteiger partial charge in [0.1, 0.15) is 11.6 Å². The van der Waals surface area contributed by atoms with E-state index in [0.717, 1.165) is 22.6 Å². The van der Waals surface area contributed by atoms with Gasteiger partial charge in [0.05, 0.1) is 31.6 Å². The summed E-state index contributed by atoms with van der Waals surface area (Å²) < 4.78 is 16.9. The van der Waals surface area contributed by atoms with Gasteiger partial charge in [-0.15, -0.1) is 0 Å². The molecule has 2 aliphatic heterocycles. The largest absolute Gasteiger partial charge is 0.493 e. The third-order valence-electron chi connectivity index (χ3n) is 5.76. The van der Waals surface area contributed by atoms with Crippen LogP contribution in [0.3, 0.4) is 0 Å². The van der Waals surface area contributed by atoms with E-state index < -0.39 is 5.91 Å². The van der Waals surface area contributed by atoms with Crippen molar-refractivity contribution in [3.8, 4) is 17.2 Å². The first kappa shape index (κ1) is 24.4. The molecule has 0 atom stereocenters. The van der Waals surface area contributed by atoms with E-state index in [4.69, 9.17) is 19.6 Å².